The summed E-state index contributed by atoms with van der Waals surface area (Å²) in [4.78, 5) is 17.5. The predicted molar refractivity (Wildman–Crippen MR) is 121 cm³/mol. The number of rotatable bonds is 7. The van der Waals surface area contributed by atoms with Gasteiger partial charge >= 0.3 is 6.09 Å². The van der Waals surface area contributed by atoms with Crippen molar-refractivity contribution in [1.29, 1.82) is 0 Å². The number of piperidine rings is 1. The van der Waals surface area contributed by atoms with Gasteiger partial charge in [-0.25, -0.2) is 14.2 Å². The Morgan fingerprint density at radius 3 is 2.78 bits per heavy atom. The van der Waals surface area contributed by atoms with Gasteiger partial charge in [-0.2, -0.15) is 0 Å². The first kappa shape index (κ1) is 22.0. The highest BCUT2D eigenvalue weighted by atomic mass is 19.1. The number of ether oxygens (including phenoxy) is 2. The second-order valence-corrected chi connectivity index (χ2v) is 8.03. The Morgan fingerprint density at radius 1 is 1.22 bits per heavy atom. The number of aromatic nitrogens is 1. The quantitative estimate of drug-likeness (QED) is 0.578. The highest BCUT2D eigenvalue weighted by Gasteiger charge is 2.17. The summed E-state index contributed by atoms with van der Waals surface area (Å²) in [6.45, 7) is 2.78. The first-order valence-corrected chi connectivity index (χ1v) is 10.7. The average Bonchev–Trinajstić information content (AvgIpc) is 2.78. The number of benzene rings is 2. The van der Waals surface area contributed by atoms with E-state index in [1.165, 1.54) is 12.3 Å². The zero-order chi connectivity index (χ0) is 22.5. The first-order valence-electron chi connectivity index (χ1n) is 10.7. The molecule has 1 aliphatic heterocycles. The molecule has 0 unspecified atom stereocenters. The number of carbonyl (C=O) groups excluding carboxylic acids is 1. The number of likely N-dealkylation sites (tertiary alicyclic amines) is 1. The maximum atomic E-state index is 14.7. The van der Waals surface area contributed by atoms with Crippen molar-refractivity contribution >= 4 is 22.6 Å². The number of halogens is 1. The van der Waals surface area contributed by atoms with Gasteiger partial charge in [0.15, 0.2) is 0 Å². The first-order chi connectivity index (χ1) is 15.5. The normalized spacial score (nSPS) is 15.1. The molecule has 0 radical (unpaired) electrons. The Labute approximate surface area is 186 Å². The van der Waals surface area contributed by atoms with Crippen molar-refractivity contribution in [2.45, 2.75) is 32.1 Å². The van der Waals surface area contributed by atoms with Crippen molar-refractivity contribution in [3.05, 3.63) is 65.6 Å². The fourth-order valence-electron chi connectivity index (χ4n) is 3.89. The van der Waals surface area contributed by atoms with Crippen LogP contribution in [0, 0.1) is 5.82 Å². The van der Waals surface area contributed by atoms with Crippen molar-refractivity contribution in [2.24, 2.45) is 5.73 Å². The molecule has 0 bridgehead atoms. The molecule has 0 spiro atoms. The lowest BCUT2D eigenvalue weighted by atomic mass is 10.1. The molecular weight excluding hydrogens is 411 g/mol. The van der Waals surface area contributed by atoms with E-state index in [4.69, 9.17) is 15.2 Å². The molecule has 0 atom stereocenters. The molecule has 2 heterocycles. The average molecular weight is 439 g/mol. The van der Waals surface area contributed by atoms with Crippen LogP contribution in [0.3, 0.4) is 0 Å². The van der Waals surface area contributed by atoms with Crippen LogP contribution < -0.4 is 15.8 Å². The van der Waals surface area contributed by atoms with Gasteiger partial charge in [0.05, 0.1) is 12.7 Å². The summed E-state index contributed by atoms with van der Waals surface area (Å²) in [6, 6.07) is 12.5. The van der Waals surface area contributed by atoms with E-state index < -0.39 is 6.09 Å². The minimum Gasteiger partial charge on any atom is -0.391 e. The summed E-state index contributed by atoms with van der Waals surface area (Å²) in [5, 5.41) is 4.69. The van der Waals surface area contributed by atoms with E-state index in [0.29, 0.717) is 24.1 Å². The number of carbonyl (C=O) groups is 1. The molecule has 168 valence electrons. The third kappa shape index (κ3) is 5.33. The molecule has 4 rings (SSSR count). The zero-order valence-electron chi connectivity index (χ0n) is 18.0. The minimum absolute atomic E-state index is 0.138. The number of nitrogens with two attached hydrogens (primary N) is 1. The summed E-state index contributed by atoms with van der Waals surface area (Å²) in [6.07, 6.45) is 2.86. The highest BCUT2D eigenvalue weighted by Crippen LogP contribution is 2.29. The third-order valence-corrected chi connectivity index (χ3v) is 5.70. The van der Waals surface area contributed by atoms with Gasteiger partial charge in [0.1, 0.15) is 5.82 Å². The van der Waals surface area contributed by atoms with Gasteiger partial charge in [0.25, 0.3) is 0 Å². The predicted octanol–water partition coefficient (Wildman–Crippen LogP) is 4.05. The molecule has 1 aromatic heterocycles. The molecular formula is C24H27FN4O3. The maximum absolute atomic E-state index is 14.7. The van der Waals surface area contributed by atoms with Crippen molar-refractivity contribution < 1.29 is 18.7 Å². The van der Waals surface area contributed by atoms with E-state index in [9.17, 15) is 9.18 Å². The van der Waals surface area contributed by atoms with Gasteiger partial charge in [-0.15, -0.1) is 0 Å². The molecule has 3 aromatic rings. The van der Waals surface area contributed by atoms with E-state index in [1.54, 1.807) is 24.3 Å². The largest absolute Gasteiger partial charge is 0.411 e. The number of hydrogen-bond donors (Lipinski definition) is 2. The molecule has 0 saturated carbocycles. The minimum atomic E-state index is -0.926. The number of primary amides is 1. The van der Waals surface area contributed by atoms with E-state index in [1.807, 2.05) is 12.1 Å². The van der Waals surface area contributed by atoms with Crippen LogP contribution in [-0.2, 0) is 17.9 Å². The fourth-order valence-corrected chi connectivity index (χ4v) is 3.89. The number of nitrogens with one attached hydrogen (secondary N) is 1. The van der Waals surface area contributed by atoms with Crippen LogP contribution >= 0.6 is 0 Å². The van der Waals surface area contributed by atoms with E-state index >= 15 is 0 Å². The maximum Gasteiger partial charge on any atom is 0.411 e. The second-order valence-electron chi connectivity index (χ2n) is 8.03. The highest BCUT2D eigenvalue weighted by molar-refractivity contribution is 5.97. The van der Waals surface area contributed by atoms with Gasteiger partial charge in [-0.05, 0) is 49.7 Å². The summed E-state index contributed by atoms with van der Waals surface area (Å²) < 4.78 is 25.7. The Hall–Kier alpha value is -3.23. The summed E-state index contributed by atoms with van der Waals surface area (Å²) in [7, 11) is 2.11. The van der Waals surface area contributed by atoms with Gasteiger partial charge in [-0.1, -0.05) is 18.2 Å². The number of nitrogens with zero attached hydrogens (tertiary/aromatic N) is 2. The van der Waals surface area contributed by atoms with Crippen molar-refractivity contribution in [1.82, 2.24) is 9.88 Å². The standard InChI is InChI=1S/C24H27FN4O3/c1-29-11-8-18(9-12-29)31-15-16-5-6-17(21(25)13-16)14-28-22-4-2-3-20-19(22)7-10-27-23(20)32-24(26)30/h2-7,10,13,18,28H,8-9,11-12,14-15H2,1H3,(H2,26,30). The molecule has 0 aliphatic carbocycles. The number of anilines is 1. The van der Waals surface area contributed by atoms with Crippen LogP contribution in [0.2, 0.25) is 0 Å². The summed E-state index contributed by atoms with van der Waals surface area (Å²) >= 11 is 0. The SMILES string of the molecule is CN1CCC(OCc2ccc(CNc3cccc4c(OC(N)=O)nccc34)c(F)c2)CC1. The molecule has 1 saturated heterocycles. The lowest BCUT2D eigenvalue weighted by molar-refractivity contribution is 0.00204. The molecule has 1 amide bonds. The van der Waals surface area contributed by atoms with Crippen molar-refractivity contribution in [3.8, 4) is 5.88 Å². The monoisotopic (exact) mass is 438 g/mol. The Kier molecular flexibility index (Phi) is 6.82. The lowest BCUT2D eigenvalue weighted by Gasteiger charge is -2.28. The van der Waals surface area contributed by atoms with Gasteiger partial charge < -0.3 is 25.4 Å². The second kappa shape index (κ2) is 9.93. The fraction of sp³-hybridized carbons (Fsp3) is 0.333. The van der Waals surface area contributed by atoms with Gasteiger partial charge in [0.2, 0.25) is 5.88 Å². The zero-order valence-corrected chi connectivity index (χ0v) is 18.0. The molecule has 1 aliphatic rings. The van der Waals surface area contributed by atoms with E-state index in [2.05, 4.69) is 22.2 Å². The van der Waals surface area contributed by atoms with Crippen LogP contribution in [0.1, 0.15) is 24.0 Å². The smallest absolute Gasteiger partial charge is 0.391 e. The molecule has 3 N–H and O–H groups in total. The third-order valence-electron chi connectivity index (χ3n) is 5.70. The molecule has 8 heteroatoms. The van der Waals surface area contributed by atoms with E-state index in [0.717, 1.165) is 42.6 Å². The van der Waals surface area contributed by atoms with Crippen LogP contribution in [0.4, 0.5) is 14.9 Å². The number of amides is 1. The molecule has 1 fully saturated rings. The number of pyridine rings is 1. The van der Waals surface area contributed by atoms with E-state index in [-0.39, 0.29) is 17.8 Å². The van der Waals surface area contributed by atoms with Crippen LogP contribution in [0.5, 0.6) is 5.88 Å². The molecule has 2 aromatic carbocycles. The Bertz CT molecular complexity index is 1100. The molecule has 32 heavy (non-hydrogen) atoms. The summed E-state index contributed by atoms with van der Waals surface area (Å²) in [5.41, 5.74) is 7.27. The van der Waals surface area contributed by atoms with Crippen LogP contribution in [0.25, 0.3) is 10.8 Å². The van der Waals surface area contributed by atoms with Crippen molar-refractivity contribution in [3.63, 3.8) is 0 Å². The van der Waals surface area contributed by atoms with Gasteiger partial charge in [-0.3, -0.25) is 0 Å². The number of fused-ring (bicyclic) bond motifs is 1. The Morgan fingerprint density at radius 2 is 2.03 bits per heavy atom. The summed E-state index contributed by atoms with van der Waals surface area (Å²) in [5.74, 6) is -0.138. The number of hydrogen-bond acceptors (Lipinski definition) is 6. The van der Waals surface area contributed by atoms with Crippen LogP contribution in [0.15, 0.2) is 48.7 Å². The molecule has 7 nitrogen and oxygen atoms in total. The van der Waals surface area contributed by atoms with Crippen LogP contribution in [-0.4, -0.2) is 42.2 Å². The lowest BCUT2D eigenvalue weighted by Crippen LogP contribution is -2.34. The van der Waals surface area contributed by atoms with Crippen molar-refractivity contribution in [2.75, 3.05) is 25.5 Å². The Balaban J connectivity index is 1.40. The van der Waals surface area contributed by atoms with Gasteiger partial charge in [0, 0.05) is 47.9 Å². The topological polar surface area (TPSA) is 89.7 Å².